The number of hydrogen-bond donors (Lipinski definition) is 0. The maximum atomic E-state index is 4.37. The molecule has 0 aliphatic carbocycles. The van der Waals surface area contributed by atoms with Crippen LogP contribution in [0.15, 0.2) is 5.10 Å². The van der Waals surface area contributed by atoms with Crippen molar-refractivity contribution in [2.75, 3.05) is 13.1 Å². The molecule has 2 nitrogen and oxygen atoms in total. The summed E-state index contributed by atoms with van der Waals surface area (Å²) in [6.45, 7) is 8.55. The molecule has 0 saturated heterocycles. The van der Waals surface area contributed by atoms with Crippen molar-refractivity contribution < 1.29 is 0 Å². The molecular weight excluding hydrogens is 160 g/mol. The molecule has 0 aromatic carbocycles. The monoisotopic (exact) mass is 184 g/mol. The molecule has 0 heterocycles. The third kappa shape index (κ3) is 7.82. The molecule has 0 unspecified atom stereocenters. The van der Waals surface area contributed by atoms with Crippen LogP contribution in [-0.4, -0.2) is 24.3 Å². The molecular formula is C11H24N2. The highest BCUT2D eigenvalue weighted by atomic mass is 15.4. The molecule has 13 heavy (non-hydrogen) atoms. The Morgan fingerprint density at radius 2 is 1.69 bits per heavy atom. The van der Waals surface area contributed by atoms with Crippen LogP contribution in [0.25, 0.3) is 0 Å². The Kier molecular flexibility index (Phi) is 9.17. The van der Waals surface area contributed by atoms with Gasteiger partial charge in [0.2, 0.25) is 0 Å². The summed E-state index contributed by atoms with van der Waals surface area (Å²) in [7, 11) is 0. The van der Waals surface area contributed by atoms with Crippen molar-refractivity contribution in [1.29, 1.82) is 0 Å². The summed E-state index contributed by atoms with van der Waals surface area (Å²) in [6.07, 6.45) is 8.50. The summed E-state index contributed by atoms with van der Waals surface area (Å²) in [6, 6.07) is 0. The molecule has 0 amide bonds. The van der Waals surface area contributed by atoms with Crippen LogP contribution in [0, 0.1) is 0 Å². The number of hydrogen-bond acceptors (Lipinski definition) is 2. The molecule has 0 saturated carbocycles. The Morgan fingerprint density at radius 3 is 2.23 bits per heavy atom. The van der Waals surface area contributed by atoms with Gasteiger partial charge in [0.25, 0.3) is 0 Å². The fourth-order valence-corrected chi connectivity index (χ4v) is 1.22. The molecule has 0 rings (SSSR count). The second-order valence-electron chi connectivity index (χ2n) is 3.29. The molecule has 0 atom stereocenters. The molecule has 0 aliphatic heterocycles. The van der Waals surface area contributed by atoms with Crippen molar-refractivity contribution in [3.63, 3.8) is 0 Å². The molecule has 0 spiro atoms. The smallest absolute Gasteiger partial charge is 0.0331 e. The first-order valence-electron chi connectivity index (χ1n) is 5.62. The van der Waals surface area contributed by atoms with Crippen LogP contribution >= 0.6 is 0 Å². The van der Waals surface area contributed by atoms with E-state index in [0.717, 1.165) is 19.5 Å². The Morgan fingerprint density at radius 1 is 1.00 bits per heavy atom. The summed E-state index contributed by atoms with van der Waals surface area (Å²) in [4.78, 5) is 0. The van der Waals surface area contributed by atoms with Crippen molar-refractivity contribution in [2.24, 2.45) is 5.10 Å². The second kappa shape index (κ2) is 9.56. The van der Waals surface area contributed by atoms with Gasteiger partial charge in [-0.15, -0.1) is 0 Å². The summed E-state index contributed by atoms with van der Waals surface area (Å²) in [5, 5.41) is 6.45. The Bertz CT molecular complexity index is 117. The average Bonchev–Trinajstić information content (AvgIpc) is 2.17. The van der Waals surface area contributed by atoms with E-state index in [-0.39, 0.29) is 0 Å². The van der Waals surface area contributed by atoms with Gasteiger partial charge in [-0.3, -0.25) is 5.01 Å². The molecule has 0 N–H and O–H groups in total. The van der Waals surface area contributed by atoms with E-state index in [2.05, 4.69) is 37.1 Å². The molecule has 0 aromatic rings. The fraction of sp³-hybridized carbons (Fsp3) is 0.909. The van der Waals surface area contributed by atoms with Gasteiger partial charge >= 0.3 is 0 Å². The Labute approximate surface area is 83.0 Å². The quantitative estimate of drug-likeness (QED) is 0.321. The van der Waals surface area contributed by atoms with E-state index in [4.69, 9.17) is 0 Å². The molecule has 0 aromatic heterocycles. The summed E-state index contributed by atoms with van der Waals surface area (Å²) in [5.74, 6) is 0. The minimum Gasteiger partial charge on any atom is -0.298 e. The first-order chi connectivity index (χ1) is 6.35. The van der Waals surface area contributed by atoms with Crippen LogP contribution in [0.3, 0.4) is 0 Å². The molecule has 0 aliphatic rings. The third-order valence-corrected chi connectivity index (χ3v) is 2.16. The van der Waals surface area contributed by atoms with Gasteiger partial charge in [0, 0.05) is 19.3 Å². The minimum atomic E-state index is 1.02. The largest absolute Gasteiger partial charge is 0.298 e. The van der Waals surface area contributed by atoms with Crippen LogP contribution in [0.2, 0.25) is 0 Å². The lowest BCUT2D eigenvalue weighted by Gasteiger charge is -2.12. The maximum Gasteiger partial charge on any atom is 0.0331 e. The SMILES string of the molecule is CCCCCC/C=N\N(CC)CC. The lowest BCUT2D eigenvalue weighted by atomic mass is 10.2. The van der Waals surface area contributed by atoms with Gasteiger partial charge in [0.15, 0.2) is 0 Å². The van der Waals surface area contributed by atoms with Crippen LogP contribution in [0.5, 0.6) is 0 Å². The molecule has 0 fully saturated rings. The third-order valence-electron chi connectivity index (χ3n) is 2.16. The van der Waals surface area contributed by atoms with Crippen LogP contribution in [-0.2, 0) is 0 Å². The van der Waals surface area contributed by atoms with Crippen molar-refractivity contribution in [3.8, 4) is 0 Å². The van der Waals surface area contributed by atoms with Crippen LogP contribution < -0.4 is 0 Å². The Balaban J connectivity index is 3.28. The van der Waals surface area contributed by atoms with Crippen LogP contribution in [0.1, 0.15) is 52.9 Å². The van der Waals surface area contributed by atoms with Crippen LogP contribution in [0.4, 0.5) is 0 Å². The highest BCUT2D eigenvalue weighted by Crippen LogP contribution is 2.00. The van der Waals surface area contributed by atoms with Gasteiger partial charge in [-0.2, -0.15) is 5.10 Å². The van der Waals surface area contributed by atoms with Crippen molar-refractivity contribution in [1.82, 2.24) is 5.01 Å². The first kappa shape index (κ1) is 12.5. The van der Waals surface area contributed by atoms with Gasteiger partial charge in [-0.1, -0.05) is 26.2 Å². The highest BCUT2D eigenvalue weighted by Gasteiger charge is 1.89. The Hall–Kier alpha value is -0.530. The summed E-state index contributed by atoms with van der Waals surface area (Å²) in [5.41, 5.74) is 0. The predicted octanol–water partition coefficient (Wildman–Crippen LogP) is 3.28. The average molecular weight is 184 g/mol. The van der Waals surface area contributed by atoms with E-state index in [9.17, 15) is 0 Å². The molecule has 0 radical (unpaired) electrons. The van der Waals surface area contributed by atoms with Crippen molar-refractivity contribution >= 4 is 6.21 Å². The second-order valence-corrected chi connectivity index (χ2v) is 3.29. The molecule has 0 bridgehead atoms. The summed E-state index contributed by atoms with van der Waals surface area (Å²) < 4.78 is 0. The van der Waals surface area contributed by atoms with E-state index in [1.54, 1.807) is 0 Å². The van der Waals surface area contributed by atoms with E-state index in [1.165, 1.54) is 25.7 Å². The molecule has 2 heteroatoms. The molecule has 78 valence electrons. The lowest BCUT2D eigenvalue weighted by Crippen LogP contribution is -2.15. The van der Waals surface area contributed by atoms with Gasteiger partial charge in [-0.05, 0) is 26.7 Å². The first-order valence-corrected chi connectivity index (χ1v) is 5.62. The van der Waals surface area contributed by atoms with E-state index in [1.807, 2.05) is 0 Å². The van der Waals surface area contributed by atoms with Gasteiger partial charge in [0.1, 0.15) is 0 Å². The highest BCUT2D eigenvalue weighted by molar-refractivity contribution is 5.56. The van der Waals surface area contributed by atoms with Crippen molar-refractivity contribution in [3.05, 3.63) is 0 Å². The normalized spacial score (nSPS) is 11.0. The maximum absolute atomic E-state index is 4.37. The van der Waals surface area contributed by atoms with Gasteiger partial charge in [0.05, 0.1) is 0 Å². The zero-order chi connectivity index (χ0) is 9.94. The van der Waals surface area contributed by atoms with E-state index < -0.39 is 0 Å². The standard InChI is InChI=1S/C11H24N2/c1-4-7-8-9-10-11-12-13(5-2)6-3/h11H,4-10H2,1-3H3/b12-11-. The number of unbranched alkanes of at least 4 members (excludes halogenated alkanes) is 4. The topological polar surface area (TPSA) is 15.6 Å². The number of nitrogens with zero attached hydrogens (tertiary/aromatic N) is 2. The van der Waals surface area contributed by atoms with Gasteiger partial charge < -0.3 is 0 Å². The predicted molar refractivity (Wildman–Crippen MR) is 60.2 cm³/mol. The van der Waals surface area contributed by atoms with E-state index >= 15 is 0 Å². The zero-order valence-electron chi connectivity index (χ0n) is 9.42. The van der Waals surface area contributed by atoms with E-state index in [0.29, 0.717) is 0 Å². The fourth-order valence-electron chi connectivity index (χ4n) is 1.22. The summed E-state index contributed by atoms with van der Waals surface area (Å²) >= 11 is 0. The number of hydrazone groups is 1. The zero-order valence-corrected chi connectivity index (χ0v) is 9.42. The van der Waals surface area contributed by atoms with Crippen molar-refractivity contribution in [2.45, 2.75) is 52.9 Å². The minimum absolute atomic E-state index is 1.02. The lowest BCUT2D eigenvalue weighted by molar-refractivity contribution is 0.322. The van der Waals surface area contributed by atoms with Gasteiger partial charge in [-0.25, -0.2) is 0 Å². The number of rotatable bonds is 8.